The molecular formula is C17H17N3O. The van der Waals surface area contributed by atoms with Crippen molar-refractivity contribution < 1.29 is 4.52 Å². The molecule has 4 heteroatoms. The lowest BCUT2D eigenvalue weighted by Crippen LogP contribution is -2.02. The summed E-state index contributed by atoms with van der Waals surface area (Å²) >= 11 is 0. The predicted molar refractivity (Wildman–Crippen MR) is 82.7 cm³/mol. The van der Waals surface area contributed by atoms with Gasteiger partial charge in [-0.2, -0.15) is 4.98 Å². The van der Waals surface area contributed by atoms with Crippen molar-refractivity contribution in [2.75, 3.05) is 6.54 Å². The Hall–Kier alpha value is -2.46. The van der Waals surface area contributed by atoms with Crippen LogP contribution >= 0.6 is 0 Å². The van der Waals surface area contributed by atoms with Crippen LogP contribution < -0.4 is 5.73 Å². The van der Waals surface area contributed by atoms with Gasteiger partial charge in [0.1, 0.15) is 0 Å². The van der Waals surface area contributed by atoms with Crippen LogP contribution in [-0.4, -0.2) is 16.7 Å². The predicted octanol–water partition coefficient (Wildman–Crippen LogP) is 3.21. The van der Waals surface area contributed by atoms with E-state index < -0.39 is 0 Å². The summed E-state index contributed by atoms with van der Waals surface area (Å²) in [5.74, 6) is 1.15. The number of hydrogen-bond acceptors (Lipinski definition) is 4. The molecule has 1 aromatic heterocycles. The van der Waals surface area contributed by atoms with Gasteiger partial charge in [0.25, 0.3) is 5.89 Å². The van der Waals surface area contributed by atoms with Crippen molar-refractivity contribution in [3.05, 3.63) is 59.7 Å². The highest BCUT2D eigenvalue weighted by Gasteiger charge is 2.11. The normalized spacial score (nSPS) is 10.8. The highest BCUT2D eigenvalue weighted by Crippen LogP contribution is 2.24. The number of rotatable bonds is 4. The molecule has 0 atom stereocenters. The average Bonchev–Trinajstić information content (AvgIpc) is 2.98. The molecule has 0 unspecified atom stereocenters. The van der Waals surface area contributed by atoms with Crippen molar-refractivity contribution in [1.29, 1.82) is 0 Å². The van der Waals surface area contributed by atoms with Crippen molar-refractivity contribution in [3.63, 3.8) is 0 Å². The maximum atomic E-state index is 5.55. The summed E-state index contributed by atoms with van der Waals surface area (Å²) < 4.78 is 5.37. The highest BCUT2D eigenvalue weighted by atomic mass is 16.5. The van der Waals surface area contributed by atoms with Gasteiger partial charge in [-0.3, -0.25) is 0 Å². The van der Waals surface area contributed by atoms with Gasteiger partial charge in [0.2, 0.25) is 5.82 Å². The van der Waals surface area contributed by atoms with Gasteiger partial charge in [0.15, 0.2) is 0 Å². The van der Waals surface area contributed by atoms with Gasteiger partial charge in [-0.15, -0.1) is 0 Å². The average molecular weight is 279 g/mol. The monoisotopic (exact) mass is 279 g/mol. The van der Waals surface area contributed by atoms with E-state index >= 15 is 0 Å². The zero-order valence-electron chi connectivity index (χ0n) is 11.9. The van der Waals surface area contributed by atoms with E-state index in [4.69, 9.17) is 10.3 Å². The van der Waals surface area contributed by atoms with E-state index in [1.54, 1.807) is 0 Å². The summed E-state index contributed by atoms with van der Waals surface area (Å²) in [6.45, 7) is 2.68. The fourth-order valence-electron chi connectivity index (χ4n) is 2.25. The van der Waals surface area contributed by atoms with Crippen LogP contribution in [0.4, 0.5) is 0 Å². The minimum absolute atomic E-state index is 0.535. The Morgan fingerprint density at radius 3 is 2.52 bits per heavy atom. The van der Waals surface area contributed by atoms with E-state index in [1.807, 2.05) is 55.5 Å². The fourth-order valence-corrected chi connectivity index (χ4v) is 2.25. The quantitative estimate of drug-likeness (QED) is 0.796. The Morgan fingerprint density at radius 1 is 1.05 bits per heavy atom. The molecular weight excluding hydrogens is 262 g/mol. The zero-order chi connectivity index (χ0) is 14.7. The molecule has 106 valence electrons. The molecule has 0 spiro atoms. The SMILES string of the molecule is Cc1ccccc1-c1noc(-c2ccc(CCN)cc2)n1. The van der Waals surface area contributed by atoms with Crippen LogP contribution in [0.2, 0.25) is 0 Å². The summed E-state index contributed by atoms with van der Waals surface area (Å²) in [4.78, 5) is 4.48. The highest BCUT2D eigenvalue weighted by molar-refractivity contribution is 5.62. The van der Waals surface area contributed by atoms with Crippen molar-refractivity contribution >= 4 is 0 Å². The fraction of sp³-hybridized carbons (Fsp3) is 0.176. The van der Waals surface area contributed by atoms with Gasteiger partial charge in [-0.25, -0.2) is 0 Å². The van der Waals surface area contributed by atoms with Crippen LogP contribution in [0.3, 0.4) is 0 Å². The lowest BCUT2D eigenvalue weighted by molar-refractivity contribution is 0.432. The zero-order valence-corrected chi connectivity index (χ0v) is 11.9. The third-order valence-corrected chi connectivity index (χ3v) is 3.45. The summed E-state index contributed by atoms with van der Waals surface area (Å²) in [6, 6.07) is 16.1. The van der Waals surface area contributed by atoms with Crippen LogP contribution in [0.15, 0.2) is 53.1 Å². The van der Waals surface area contributed by atoms with Crippen molar-refractivity contribution in [1.82, 2.24) is 10.1 Å². The molecule has 3 aromatic rings. The first kappa shape index (κ1) is 13.5. The van der Waals surface area contributed by atoms with Crippen molar-refractivity contribution in [2.45, 2.75) is 13.3 Å². The maximum Gasteiger partial charge on any atom is 0.258 e. The molecule has 4 nitrogen and oxygen atoms in total. The minimum Gasteiger partial charge on any atom is -0.334 e. The first-order chi connectivity index (χ1) is 10.3. The second-order valence-electron chi connectivity index (χ2n) is 4.97. The van der Waals surface area contributed by atoms with E-state index in [9.17, 15) is 0 Å². The van der Waals surface area contributed by atoms with Gasteiger partial charge in [-0.05, 0) is 43.1 Å². The number of aryl methyl sites for hydroxylation is 1. The molecule has 0 fully saturated rings. The third-order valence-electron chi connectivity index (χ3n) is 3.45. The molecule has 2 aromatic carbocycles. The summed E-state index contributed by atoms with van der Waals surface area (Å²) in [6.07, 6.45) is 0.874. The first-order valence-corrected chi connectivity index (χ1v) is 6.97. The minimum atomic E-state index is 0.535. The number of hydrogen-bond donors (Lipinski definition) is 1. The largest absolute Gasteiger partial charge is 0.334 e. The number of nitrogens with two attached hydrogens (primary N) is 1. The Morgan fingerprint density at radius 2 is 1.81 bits per heavy atom. The Bertz CT molecular complexity index is 732. The second kappa shape index (κ2) is 5.89. The van der Waals surface area contributed by atoms with Crippen molar-refractivity contribution in [2.24, 2.45) is 5.73 Å². The lowest BCUT2D eigenvalue weighted by atomic mass is 10.1. The second-order valence-corrected chi connectivity index (χ2v) is 4.97. The molecule has 0 aliphatic heterocycles. The van der Waals surface area contributed by atoms with Gasteiger partial charge < -0.3 is 10.3 Å². The van der Waals surface area contributed by atoms with Crippen LogP contribution in [0.5, 0.6) is 0 Å². The summed E-state index contributed by atoms with van der Waals surface area (Å²) in [7, 11) is 0. The molecule has 21 heavy (non-hydrogen) atoms. The molecule has 0 aliphatic carbocycles. The molecule has 3 rings (SSSR count). The molecule has 0 saturated heterocycles. The molecule has 2 N–H and O–H groups in total. The van der Waals surface area contributed by atoms with Gasteiger partial charge in [0.05, 0.1) is 0 Å². The topological polar surface area (TPSA) is 64.9 Å². The molecule has 0 amide bonds. The molecule has 1 heterocycles. The van der Waals surface area contributed by atoms with E-state index in [-0.39, 0.29) is 0 Å². The lowest BCUT2D eigenvalue weighted by Gasteiger charge is -1.99. The molecule has 0 saturated carbocycles. The van der Waals surface area contributed by atoms with Crippen LogP contribution in [0.25, 0.3) is 22.8 Å². The van der Waals surface area contributed by atoms with E-state index in [2.05, 4.69) is 10.1 Å². The molecule has 0 bridgehead atoms. The van der Waals surface area contributed by atoms with Crippen LogP contribution in [0, 0.1) is 6.92 Å². The van der Waals surface area contributed by atoms with E-state index in [0.29, 0.717) is 18.3 Å². The van der Waals surface area contributed by atoms with Crippen molar-refractivity contribution in [3.8, 4) is 22.8 Å². The Labute approximate surface area is 123 Å². The Kier molecular flexibility index (Phi) is 3.79. The van der Waals surface area contributed by atoms with Gasteiger partial charge in [0, 0.05) is 11.1 Å². The first-order valence-electron chi connectivity index (χ1n) is 6.97. The smallest absolute Gasteiger partial charge is 0.258 e. The number of aromatic nitrogens is 2. The molecule has 0 aliphatic rings. The Balaban J connectivity index is 1.89. The van der Waals surface area contributed by atoms with Gasteiger partial charge >= 0.3 is 0 Å². The summed E-state index contributed by atoms with van der Waals surface area (Å²) in [5, 5.41) is 4.08. The summed E-state index contributed by atoms with van der Waals surface area (Å²) in [5.41, 5.74) is 9.80. The van der Waals surface area contributed by atoms with E-state index in [1.165, 1.54) is 5.56 Å². The third kappa shape index (κ3) is 2.85. The van der Waals surface area contributed by atoms with Crippen LogP contribution in [-0.2, 0) is 6.42 Å². The molecule has 0 radical (unpaired) electrons. The standard InChI is InChI=1S/C17H17N3O/c1-12-4-2-3-5-15(12)16-19-17(21-20-16)14-8-6-13(7-9-14)10-11-18/h2-9H,10-11,18H2,1H3. The number of nitrogens with zero attached hydrogens (tertiary/aromatic N) is 2. The number of benzene rings is 2. The van der Waals surface area contributed by atoms with Crippen LogP contribution in [0.1, 0.15) is 11.1 Å². The van der Waals surface area contributed by atoms with E-state index in [0.717, 1.165) is 23.1 Å². The maximum absolute atomic E-state index is 5.55. The van der Waals surface area contributed by atoms with Gasteiger partial charge in [-0.1, -0.05) is 41.6 Å².